The Morgan fingerprint density at radius 2 is 1.91 bits per heavy atom. The number of ketones is 1. The minimum absolute atomic E-state index is 0.0313. The van der Waals surface area contributed by atoms with Crippen LogP contribution < -0.4 is 10.4 Å². The van der Waals surface area contributed by atoms with Crippen LogP contribution in [-0.2, 0) is 11.2 Å². The predicted molar refractivity (Wildman–Crippen MR) is 92.5 cm³/mol. The van der Waals surface area contributed by atoms with Crippen molar-refractivity contribution in [2.75, 3.05) is 6.61 Å². The Labute approximate surface area is 133 Å². The molecular weight excluding hydrogens is 286 g/mol. The third-order valence-corrected chi connectivity index (χ3v) is 4.40. The first kappa shape index (κ1) is 14.1. The number of aliphatic hydroxyl groups is 1. The zero-order valence-electron chi connectivity index (χ0n) is 12.7. The highest BCUT2D eigenvalue weighted by molar-refractivity contribution is 6.27. The van der Waals surface area contributed by atoms with Gasteiger partial charge in [0, 0.05) is 22.6 Å². The number of aryl methyl sites for hydroxylation is 1. The zero-order chi connectivity index (χ0) is 15.8. The second-order valence-electron chi connectivity index (χ2n) is 5.99. The Kier molecular flexibility index (Phi) is 3.43. The molecule has 114 valence electrons. The largest absolute Gasteiger partial charge is 0.396 e. The summed E-state index contributed by atoms with van der Waals surface area (Å²) in [5.74, 6) is 0.0313. The third-order valence-electron chi connectivity index (χ3n) is 4.40. The maximum atomic E-state index is 11.8. The number of benzene rings is 2. The predicted octanol–water partition coefficient (Wildman–Crippen LogP) is 1.85. The molecule has 0 saturated heterocycles. The van der Waals surface area contributed by atoms with E-state index in [4.69, 9.17) is 10.1 Å². The minimum atomic E-state index is 0.0313. The summed E-state index contributed by atoms with van der Waals surface area (Å²) >= 11 is 0. The molecule has 0 spiro atoms. The molecule has 1 aliphatic rings. The van der Waals surface area contributed by atoms with E-state index in [1.165, 1.54) is 5.56 Å². The standard InChI is InChI=1S/C20H17NO2/c22-8-4-3-5-13-9-15-10-16(23)12-18(15)20-17(13)11-14-6-1-2-7-19(14)21-20/h1-2,6-7,9-12,22H,3-5,8H2. The highest BCUT2D eigenvalue weighted by atomic mass is 16.2. The van der Waals surface area contributed by atoms with E-state index >= 15 is 0 Å². The Balaban J connectivity index is 2.04. The molecule has 2 aromatic carbocycles. The van der Waals surface area contributed by atoms with Crippen LogP contribution in [0.2, 0.25) is 0 Å². The molecule has 1 aliphatic carbocycles. The molecule has 1 N–H and O–H groups in total. The van der Waals surface area contributed by atoms with Gasteiger partial charge in [0.15, 0.2) is 5.78 Å². The molecular formula is C20H17NO2. The smallest absolute Gasteiger partial charge is 0.179 e. The molecule has 1 aromatic heterocycles. The van der Waals surface area contributed by atoms with E-state index in [-0.39, 0.29) is 12.4 Å². The monoisotopic (exact) mass is 303 g/mol. The van der Waals surface area contributed by atoms with Crippen LogP contribution in [0.15, 0.2) is 36.4 Å². The van der Waals surface area contributed by atoms with Gasteiger partial charge >= 0.3 is 0 Å². The highest BCUT2D eigenvalue weighted by Gasteiger charge is 2.12. The van der Waals surface area contributed by atoms with E-state index in [0.717, 1.165) is 51.5 Å². The number of carbonyl (C=O) groups excluding carboxylic acids is 1. The molecule has 4 rings (SSSR count). The summed E-state index contributed by atoms with van der Waals surface area (Å²) in [6.07, 6.45) is 5.95. The van der Waals surface area contributed by atoms with Crippen LogP contribution in [0.1, 0.15) is 18.4 Å². The molecule has 0 saturated carbocycles. The number of para-hydroxylation sites is 1. The van der Waals surface area contributed by atoms with E-state index in [9.17, 15) is 4.79 Å². The van der Waals surface area contributed by atoms with Gasteiger partial charge in [-0.1, -0.05) is 24.3 Å². The maximum absolute atomic E-state index is 11.8. The van der Waals surface area contributed by atoms with E-state index in [1.54, 1.807) is 12.2 Å². The summed E-state index contributed by atoms with van der Waals surface area (Å²) in [5.41, 5.74) is 3.05. The minimum Gasteiger partial charge on any atom is -0.396 e. The molecule has 0 fully saturated rings. The number of fused-ring (bicyclic) bond motifs is 4. The van der Waals surface area contributed by atoms with Gasteiger partial charge in [-0.15, -0.1) is 0 Å². The number of rotatable bonds is 4. The van der Waals surface area contributed by atoms with Crippen LogP contribution in [-0.4, -0.2) is 22.5 Å². The van der Waals surface area contributed by atoms with E-state index < -0.39 is 0 Å². The molecule has 3 nitrogen and oxygen atoms in total. The second-order valence-corrected chi connectivity index (χ2v) is 5.99. The van der Waals surface area contributed by atoms with Gasteiger partial charge in [0.25, 0.3) is 0 Å². The lowest BCUT2D eigenvalue weighted by molar-refractivity contribution is -0.107. The Hall–Kier alpha value is -2.52. The maximum Gasteiger partial charge on any atom is 0.179 e. The van der Waals surface area contributed by atoms with Gasteiger partial charge in [0.1, 0.15) is 0 Å². The number of Topliss-reactive ketones (excluding diaryl/α,β-unsaturated/α-hetero) is 1. The van der Waals surface area contributed by atoms with Crippen molar-refractivity contribution < 1.29 is 9.90 Å². The fourth-order valence-corrected chi connectivity index (χ4v) is 3.29. The third kappa shape index (κ3) is 2.43. The molecule has 0 radical (unpaired) electrons. The number of nitrogens with zero attached hydrogens (tertiary/aromatic N) is 1. The summed E-state index contributed by atoms with van der Waals surface area (Å²) < 4.78 is 0. The van der Waals surface area contributed by atoms with Crippen LogP contribution in [0.25, 0.3) is 34.0 Å². The number of aliphatic hydroxyl groups excluding tert-OH is 1. The summed E-state index contributed by atoms with van der Waals surface area (Å²) in [5, 5.41) is 13.1. The van der Waals surface area contributed by atoms with Crippen LogP contribution in [0.5, 0.6) is 0 Å². The van der Waals surface area contributed by atoms with Crippen molar-refractivity contribution in [2.45, 2.75) is 19.3 Å². The van der Waals surface area contributed by atoms with Crippen molar-refractivity contribution in [3.05, 3.63) is 52.4 Å². The fraction of sp³-hybridized carbons (Fsp3) is 0.200. The number of pyridine rings is 1. The van der Waals surface area contributed by atoms with Crippen molar-refractivity contribution >= 4 is 39.7 Å². The lowest BCUT2D eigenvalue weighted by Gasteiger charge is -2.08. The second kappa shape index (κ2) is 5.60. The van der Waals surface area contributed by atoms with Crippen LogP contribution in [0.4, 0.5) is 0 Å². The van der Waals surface area contributed by atoms with Crippen LogP contribution in [0.3, 0.4) is 0 Å². The van der Waals surface area contributed by atoms with Gasteiger partial charge in [0.2, 0.25) is 0 Å². The molecule has 0 aliphatic heterocycles. The molecule has 1 heterocycles. The number of hydrogen-bond acceptors (Lipinski definition) is 3. The van der Waals surface area contributed by atoms with Crippen molar-refractivity contribution in [3.63, 3.8) is 0 Å². The molecule has 3 aromatic rings. The summed E-state index contributed by atoms with van der Waals surface area (Å²) in [6, 6.07) is 12.3. The lowest BCUT2D eigenvalue weighted by atomic mass is 9.99. The SMILES string of the molecule is O=C1C=c2cc(CCCCO)c3cc4ccccc4nc3c2=C1. The van der Waals surface area contributed by atoms with Gasteiger partial charge < -0.3 is 5.11 Å². The lowest BCUT2D eigenvalue weighted by Crippen LogP contribution is -2.24. The highest BCUT2D eigenvalue weighted by Crippen LogP contribution is 2.21. The van der Waals surface area contributed by atoms with Crippen molar-refractivity contribution in [3.8, 4) is 0 Å². The topological polar surface area (TPSA) is 50.2 Å². The first-order valence-electron chi connectivity index (χ1n) is 7.96. The van der Waals surface area contributed by atoms with E-state index in [1.807, 2.05) is 18.2 Å². The quantitative estimate of drug-likeness (QED) is 0.591. The molecule has 0 unspecified atom stereocenters. The van der Waals surface area contributed by atoms with E-state index in [2.05, 4.69) is 18.2 Å². The van der Waals surface area contributed by atoms with Crippen LogP contribution >= 0.6 is 0 Å². The first-order valence-corrected chi connectivity index (χ1v) is 7.96. The van der Waals surface area contributed by atoms with Crippen molar-refractivity contribution in [1.82, 2.24) is 4.98 Å². The number of unbranched alkanes of at least 4 members (excludes halogenated alkanes) is 1. The zero-order valence-corrected chi connectivity index (χ0v) is 12.7. The molecule has 0 atom stereocenters. The summed E-state index contributed by atoms with van der Waals surface area (Å²) in [6.45, 7) is 0.211. The number of hydrogen-bond donors (Lipinski definition) is 1. The average Bonchev–Trinajstić information content (AvgIpc) is 2.94. The first-order chi connectivity index (χ1) is 11.3. The number of carbonyl (C=O) groups is 1. The van der Waals surface area contributed by atoms with Gasteiger partial charge in [0.05, 0.1) is 11.0 Å². The van der Waals surface area contributed by atoms with Gasteiger partial charge in [-0.25, -0.2) is 4.98 Å². The Morgan fingerprint density at radius 1 is 1.04 bits per heavy atom. The van der Waals surface area contributed by atoms with Gasteiger partial charge in [-0.05, 0) is 54.3 Å². The van der Waals surface area contributed by atoms with Crippen molar-refractivity contribution in [2.24, 2.45) is 0 Å². The summed E-state index contributed by atoms with van der Waals surface area (Å²) in [7, 11) is 0. The Bertz CT molecular complexity index is 1050. The molecule has 0 amide bonds. The average molecular weight is 303 g/mol. The molecule has 23 heavy (non-hydrogen) atoms. The summed E-state index contributed by atoms with van der Waals surface area (Å²) in [4.78, 5) is 16.6. The fourth-order valence-electron chi connectivity index (χ4n) is 3.29. The van der Waals surface area contributed by atoms with E-state index in [0.29, 0.717) is 0 Å². The molecule has 0 bridgehead atoms. The van der Waals surface area contributed by atoms with Gasteiger partial charge in [-0.3, -0.25) is 4.79 Å². The molecule has 3 heteroatoms. The van der Waals surface area contributed by atoms with Gasteiger partial charge in [-0.2, -0.15) is 0 Å². The Morgan fingerprint density at radius 3 is 2.78 bits per heavy atom. The van der Waals surface area contributed by atoms with Crippen molar-refractivity contribution in [1.29, 1.82) is 0 Å². The number of aromatic nitrogens is 1. The van der Waals surface area contributed by atoms with Crippen LogP contribution in [0, 0.1) is 0 Å². The normalized spacial score (nSPS) is 13.2.